The van der Waals surface area contributed by atoms with E-state index in [0.29, 0.717) is 6.04 Å². The van der Waals surface area contributed by atoms with E-state index in [1.54, 1.807) is 7.11 Å². The van der Waals surface area contributed by atoms with Gasteiger partial charge in [0.2, 0.25) is 0 Å². The van der Waals surface area contributed by atoms with Crippen molar-refractivity contribution in [2.75, 3.05) is 26.8 Å². The van der Waals surface area contributed by atoms with Crippen LogP contribution in [0.5, 0.6) is 0 Å². The monoisotopic (exact) mass is 346 g/mol. The molecule has 1 fully saturated rings. The van der Waals surface area contributed by atoms with E-state index in [0.717, 1.165) is 26.1 Å². The van der Waals surface area contributed by atoms with Gasteiger partial charge in [0, 0.05) is 29.8 Å². The Morgan fingerprint density at radius 3 is 2.76 bits per heavy atom. The van der Waals surface area contributed by atoms with Gasteiger partial charge in [-0.05, 0) is 46.7 Å². The number of benzene rings is 1. The molecule has 1 aliphatic heterocycles. The van der Waals surface area contributed by atoms with Gasteiger partial charge in [-0.15, -0.1) is 0 Å². The predicted octanol–water partition coefficient (Wildman–Crippen LogP) is 2.01. The maximum Gasteiger partial charge on any atom is 0.0589 e. The third-order valence-corrected chi connectivity index (χ3v) is 4.06. The Kier molecular flexibility index (Phi) is 4.78. The Bertz CT molecular complexity index is 355. The first-order valence-corrected chi connectivity index (χ1v) is 7.04. The van der Waals surface area contributed by atoms with Crippen molar-refractivity contribution in [2.24, 2.45) is 5.73 Å². The topological polar surface area (TPSA) is 38.5 Å². The summed E-state index contributed by atoms with van der Waals surface area (Å²) in [6, 6.07) is 9.27. The smallest absolute Gasteiger partial charge is 0.0589 e. The highest BCUT2D eigenvalue weighted by molar-refractivity contribution is 14.1. The average Bonchev–Trinajstić information content (AvgIpc) is 2.69. The van der Waals surface area contributed by atoms with Crippen LogP contribution in [-0.2, 0) is 4.74 Å². The maximum absolute atomic E-state index is 6.23. The molecule has 3 nitrogen and oxygen atoms in total. The van der Waals surface area contributed by atoms with Crippen LogP contribution in [0, 0.1) is 3.57 Å². The number of likely N-dealkylation sites (tertiary alicyclic amines) is 1. The summed E-state index contributed by atoms with van der Waals surface area (Å²) in [5, 5.41) is 0. The molecule has 1 aromatic rings. The van der Waals surface area contributed by atoms with Gasteiger partial charge in [-0.1, -0.05) is 12.1 Å². The zero-order valence-corrected chi connectivity index (χ0v) is 12.3. The van der Waals surface area contributed by atoms with E-state index >= 15 is 0 Å². The molecule has 1 saturated heterocycles. The number of hydrogen-bond acceptors (Lipinski definition) is 3. The number of methoxy groups -OCH3 is 1. The van der Waals surface area contributed by atoms with Crippen molar-refractivity contribution in [1.82, 2.24) is 4.90 Å². The zero-order valence-electron chi connectivity index (χ0n) is 10.1. The van der Waals surface area contributed by atoms with Crippen molar-refractivity contribution >= 4 is 22.6 Å². The Hall–Kier alpha value is -0.170. The first-order valence-electron chi connectivity index (χ1n) is 5.96. The van der Waals surface area contributed by atoms with Crippen molar-refractivity contribution in [3.63, 3.8) is 0 Å². The van der Waals surface area contributed by atoms with Crippen LogP contribution in [0.4, 0.5) is 0 Å². The minimum Gasteiger partial charge on any atom is -0.383 e. The second-order valence-corrected chi connectivity index (χ2v) is 5.72. The molecular formula is C13H19IN2O. The highest BCUT2D eigenvalue weighted by Gasteiger charge is 2.32. The molecule has 0 aliphatic carbocycles. The summed E-state index contributed by atoms with van der Waals surface area (Å²) in [4.78, 5) is 2.43. The van der Waals surface area contributed by atoms with Crippen LogP contribution in [0.1, 0.15) is 18.0 Å². The van der Waals surface area contributed by atoms with E-state index in [1.165, 1.54) is 9.13 Å². The molecule has 4 heteroatoms. The van der Waals surface area contributed by atoms with Gasteiger partial charge in [0.1, 0.15) is 0 Å². The second kappa shape index (κ2) is 6.13. The molecule has 94 valence electrons. The van der Waals surface area contributed by atoms with Gasteiger partial charge in [0.25, 0.3) is 0 Å². The molecule has 1 aliphatic rings. The fourth-order valence-corrected chi connectivity index (χ4v) is 2.82. The Labute approximate surface area is 116 Å². The lowest BCUT2D eigenvalue weighted by molar-refractivity contribution is 0.139. The fourth-order valence-electron chi connectivity index (χ4n) is 2.46. The molecule has 2 N–H and O–H groups in total. The maximum atomic E-state index is 6.23. The Morgan fingerprint density at radius 1 is 1.41 bits per heavy atom. The molecule has 2 atom stereocenters. The molecule has 1 heterocycles. The van der Waals surface area contributed by atoms with Gasteiger partial charge in [0.15, 0.2) is 0 Å². The summed E-state index contributed by atoms with van der Waals surface area (Å²) >= 11 is 2.33. The van der Waals surface area contributed by atoms with E-state index in [4.69, 9.17) is 10.5 Å². The number of nitrogens with zero attached hydrogens (tertiary/aromatic N) is 1. The van der Waals surface area contributed by atoms with Crippen LogP contribution in [0.2, 0.25) is 0 Å². The van der Waals surface area contributed by atoms with E-state index in [-0.39, 0.29) is 6.04 Å². The van der Waals surface area contributed by atoms with E-state index in [2.05, 4.69) is 51.8 Å². The standard InChI is InChI=1S/C13H19IN2O/c1-17-9-8-16-7-6-12(15)13(16)10-2-4-11(14)5-3-10/h2-5,12-13H,6-9,15H2,1H3. The molecule has 0 aromatic heterocycles. The number of halogens is 1. The van der Waals surface area contributed by atoms with Gasteiger partial charge in [-0.3, -0.25) is 4.90 Å². The lowest BCUT2D eigenvalue weighted by Gasteiger charge is -2.26. The summed E-state index contributed by atoms with van der Waals surface area (Å²) in [6.07, 6.45) is 1.07. The van der Waals surface area contributed by atoms with Crippen molar-refractivity contribution in [1.29, 1.82) is 0 Å². The van der Waals surface area contributed by atoms with Gasteiger partial charge in [-0.2, -0.15) is 0 Å². The lowest BCUT2D eigenvalue weighted by Crippen LogP contribution is -2.33. The van der Waals surface area contributed by atoms with E-state index in [1.807, 2.05) is 0 Å². The van der Waals surface area contributed by atoms with E-state index < -0.39 is 0 Å². The largest absolute Gasteiger partial charge is 0.383 e. The second-order valence-electron chi connectivity index (χ2n) is 4.48. The molecule has 2 unspecified atom stereocenters. The summed E-state index contributed by atoms with van der Waals surface area (Å²) < 4.78 is 6.42. The molecule has 0 radical (unpaired) electrons. The number of hydrogen-bond donors (Lipinski definition) is 1. The first-order chi connectivity index (χ1) is 8.22. The molecule has 1 aromatic carbocycles. The molecular weight excluding hydrogens is 327 g/mol. The highest BCUT2D eigenvalue weighted by atomic mass is 127. The Balaban J connectivity index is 2.12. The Morgan fingerprint density at radius 2 is 2.12 bits per heavy atom. The fraction of sp³-hybridized carbons (Fsp3) is 0.538. The van der Waals surface area contributed by atoms with E-state index in [9.17, 15) is 0 Å². The summed E-state index contributed by atoms with van der Waals surface area (Å²) in [5.74, 6) is 0. The summed E-state index contributed by atoms with van der Waals surface area (Å²) in [7, 11) is 1.75. The third kappa shape index (κ3) is 3.19. The number of ether oxygens (including phenoxy) is 1. The van der Waals surface area contributed by atoms with Gasteiger partial charge >= 0.3 is 0 Å². The van der Waals surface area contributed by atoms with Crippen LogP contribution in [0.3, 0.4) is 0 Å². The molecule has 2 rings (SSSR count). The van der Waals surface area contributed by atoms with Crippen molar-refractivity contribution in [2.45, 2.75) is 18.5 Å². The van der Waals surface area contributed by atoms with Gasteiger partial charge in [-0.25, -0.2) is 0 Å². The quantitative estimate of drug-likeness (QED) is 0.848. The molecule has 17 heavy (non-hydrogen) atoms. The molecule has 0 bridgehead atoms. The summed E-state index contributed by atoms with van der Waals surface area (Å²) in [6.45, 7) is 2.80. The number of nitrogens with two attached hydrogens (primary N) is 1. The number of rotatable bonds is 4. The van der Waals surface area contributed by atoms with Crippen molar-refractivity contribution in [3.8, 4) is 0 Å². The lowest BCUT2D eigenvalue weighted by atomic mass is 10.0. The van der Waals surface area contributed by atoms with Crippen LogP contribution in [0.15, 0.2) is 24.3 Å². The van der Waals surface area contributed by atoms with Gasteiger partial charge in [0.05, 0.1) is 12.6 Å². The molecule has 0 amide bonds. The van der Waals surface area contributed by atoms with Gasteiger partial charge < -0.3 is 10.5 Å². The predicted molar refractivity (Wildman–Crippen MR) is 77.9 cm³/mol. The minimum atomic E-state index is 0.243. The molecule has 0 saturated carbocycles. The summed E-state index contributed by atoms with van der Waals surface area (Å²) in [5.41, 5.74) is 7.55. The van der Waals surface area contributed by atoms with Crippen LogP contribution in [-0.4, -0.2) is 37.7 Å². The van der Waals surface area contributed by atoms with Crippen molar-refractivity contribution in [3.05, 3.63) is 33.4 Å². The minimum absolute atomic E-state index is 0.243. The van der Waals surface area contributed by atoms with Crippen LogP contribution < -0.4 is 5.73 Å². The van der Waals surface area contributed by atoms with Crippen molar-refractivity contribution < 1.29 is 4.74 Å². The molecule has 0 spiro atoms. The normalized spacial score (nSPS) is 25.4. The SMILES string of the molecule is COCCN1CCC(N)C1c1ccc(I)cc1. The zero-order chi connectivity index (χ0) is 12.3. The highest BCUT2D eigenvalue weighted by Crippen LogP contribution is 2.30. The third-order valence-electron chi connectivity index (χ3n) is 3.34. The first kappa shape index (κ1) is 13.3. The van der Waals surface area contributed by atoms with Crippen LogP contribution >= 0.6 is 22.6 Å². The van der Waals surface area contributed by atoms with Crippen LogP contribution in [0.25, 0.3) is 0 Å². The average molecular weight is 346 g/mol.